The van der Waals surface area contributed by atoms with Crippen molar-refractivity contribution < 1.29 is 14.6 Å². The Labute approximate surface area is 104 Å². The van der Waals surface area contributed by atoms with Gasteiger partial charge in [-0.05, 0) is 12.1 Å². The molecular weight excluding hydrogens is 244 g/mol. The number of amides is 1. The molecule has 2 N–H and O–H groups in total. The quantitative estimate of drug-likeness (QED) is 0.832. The van der Waals surface area contributed by atoms with Crippen LogP contribution in [0.15, 0.2) is 18.3 Å². The van der Waals surface area contributed by atoms with E-state index in [2.05, 4.69) is 10.3 Å². The summed E-state index contributed by atoms with van der Waals surface area (Å²) in [5.74, 6) is -0.354. The summed E-state index contributed by atoms with van der Waals surface area (Å²) in [6.07, 6.45) is 1.99. The van der Waals surface area contributed by atoms with Crippen molar-refractivity contribution in [3.05, 3.63) is 29.0 Å². The van der Waals surface area contributed by atoms with Gasteiger partial charge in [0, 0.05) is 30.8 Å². The van der Waals surface area contributed by atoms with Crippen molar-refractivity contribution in [1.82, 2.24) is 10.3 Å². The van der Waals surface area contributed by atoms with Gasteiger partial charge >= 0.3 is 0 Å². The van der Waals surface area contributed by atoms with Gasteiger partial charge in [0.25, 0.3) is 5.91 Å². The Morgan fingerprint density at radius 2 is 2.53 bits per heavy atom. The number of aliphatic hydroxyl groups is 1. The van der Waals surface area contributed by atoms with Crippen molar-refractivity contribution in [2.24, 2.45) is 0 Å². The summed E-state index contributed by atoms with van der Waals surface area (Å²) in [7, 11) is 0. The van der Waals surface area contributed by atoms with Crippen LogP contribution in [0.3, 0.4) is 0 Å². The normalized spacial score (nSPS) is 23.6. The number of nitrogens with zero attached hydrogens (tertiary/aromatic N) is 1. The van der Waals surface area contributed by atoms with Crippen molar-refractivity contribution in [3.8, 4) is 0 Å². The van der Waals surface area contributed by atoms with Crippen LogP contribution in [0.5, 0.6) is 0 Å². The largest absolute Gasteiger partial charge is 0.386 e. The van der Waals surface area contributed by atoms with Gasteiger partial charge in [-0.3, -0.25) is 9.78 Å². The molecule has 1 aromatic heterocycles. The van der Waals surface area contributed by atoms with Gasteiger partial charge in [-0.2, -0.15) is 0 Å². The zero-order valence-corrected chi connectivity index (χ0v) is 9.91. The second kappa shape index (κ2) is 5.00. The Kier molecular flexibility index (Phi) is 3.61. The van der Waals surface area contributed by atoms with Gasteiger partial charge in [0.15, 0.2) is 0 Å². The third-order valence-electron chi connectivity index (χ3n) is 2.62. The second-order valence-corrected chi connectivity index (χ2v) is 4.51. The number of aromatic nitrogens is 1. The van der Waals surface area contributed by atoms with Crippen molar-refractivity contribution in [2.75, 3.05) is 19.8 Å². The van der Waals surface area contributed by atoms with E-state index >= 15 is 0 Å². The SMILES string of the molecule is O=C(NCC1(O)CCOC1)c1cc(Cl)ccn1. The molecule has 0 spiro atoms. The maximum absolute atomic E-state index is 11.7. The molecule has 2 rings (SSSR count). The summed E-state index contributed by atoms with van der Waals surface area (Å²) in [6, 6.07) is 3.07. The van der Waals surface area contributed by atoms with Gasteiger partial charge in [-0.15, -0.1) is 0 Å². The molecule has 1 saturated heterocycles. The molecule has 0 aliphatic carbocycles. The van der Waals surface area contributed by atoms with Crippen LogP contribution in [-0.2, 0) is 4.74 Å². The van der Waals surface area contributed by atoms with E-state index in [4.69, 9.17) is 16.3 Å². The zero-order chi connectivity index (χ0) is 12.3. The number of pyridine rings is 1. The lowest BCUT2D eigenvalue weighted by Gasteiger charge is -2.20. The minimum absolute atomic E-state index is 0.153. The predicted octanol–water partition coefficient (Wildman–Crippen LogP) is 0.616. The molecular formula is C11H13ClN2O3. The lowest BCUT2D eigenvalue weighted by Crippen LogP contribution is -2.43. The van der Waals surface area contributed by atoms with Crippen LogP contribution in [0, 0.1) is 0 Å². The van der Waals surface area contributed by atoms with Gasteiger partial charge in [-0.25, -0.2) is 0 Å². The van der Waals surface area contributed by atoms with Gasteiger partial charge in [0.1, 0.15) is 11.3 Å². The fraction of sp³-hybridized carbons (Fsp3) is 0.455. The molecule has 0 radical (unpaired) electrons. The third kappa shape index (κ3) is 3.15. The van der Waals surface area contributed by atoms with E-state index in [0.29, 0.717) is 18.1 Å². The molecule has 92 valence electrons. The molecule has 1 aliphatic rings. The first-order valence-electron chi connectivity index (χ1n) is 5.29. The van der Waals surface area contributed by atoms with Crippen molar-refractivity contribution in [3.63, 3.8) is 0 Å². The smallest absolute Gasteiger partial charge is 0.270 e. The Balaban J connectivity index is 1.93. The Bertz CT molecular complexity index is 419. The first kappa shape index (κ1) is 12.3. The molecule has 0 bridgehead atoms. The Hall–Kier alpha value is -1.17. The number of ether oxygens (including phenoxy) is 1. The molecule has 2 heterocycles. The fourth-order valence-corrected chi connectivity index (χ4v) is 1.76. The summed E-state index contributed by atoms with van der Waals surface area (Å²) < 4.78 is 5.08. The van der Waals surface area contributed by atoms with Crippen LogP contribution in [0.2, 0.25) is 5.02 Å². The van der Waals surface area contributed by atoms with E-state index in [1.807, 2.05) is 0 Å². The van der Waals surface area contributed by atoms with Crippen LogP contribution in [0.4, 0.5) is 0 Å². The number of hydrogen-bond acceptors (Lipinski definition) is 4. The summed E-state index contributed by atoms with van der Waals surface area (Å²) >= 11 is 5.75. The zero-order valence-electron chi connectivity index (χ0n) is 9.15. The first-order chi connectivity index (χ1) is 8.09. The summed E-state index contributed by atoms with van der Waals surface area (Å²) in [6.45, 7) is 0.915. The number of halogens is 1. The van der Waals surface area contributed by atoms with Crippen molar-refractivity contribution >= 4 is 17.5 Å². The van der Waals surface area contributed by atoms with E-state index in [1.54, 1.807) is 6.07 Å². The fourth-order valence-electron chi connectivity index (χ4n) is 1.60. The summed E-state index contributed by atoms with van der Waals surface area (Å²) in [5, 5.41) is 13.0. The van der Waals surface area contributed by atoms with E-state index < -0.39 is 5.60 Å². The summed E-state index contributed by atoms with van der Waals surface area (Å²) in [5.41, 5.74) is -0.728. The van der Waals surface area contributed by atoms with Crippen LogP contribution in [-0.4, -0.2) is 41.4 Å². The van der Waals surface area contributed by atoms with Gasteiger partial charge in [-0.1, -0.05) is 11.6 Å². The maximum atomic E-state index is 11.7. The number of carbonyl (C=O) groups is 1. The van der Waals surface area contributed by atoms with E-state index in [1.165, 1.54) is 12.3 Å². The first-order valence-corrected chi connectivity index (χ1v) is 5.67. The number of nitrogens with one attached hydrogen (secondary N) is 1. The van der Waals surface area contributed by atoms with E-state index in [-0.39, 0.29) is 24.8 Å². The average Bonchev–Trinajstić information content (AvgIpc) is 2.74. The molecule has 1 atom stereocenters. The standard InChI is InChI=1S/C11H13ClN2O3/c12-8-1-3-13-9(5-8)10(15)14-6-11(16)2-4-17-7-11/h1,3,5,16H,2,4,6-7H2,(H,14,15). The number of rotatable bonds is 3. The lowest BCUT2D eigenvalue weighted by atomic mass is 10.0. The van der Waals surface area contributed by atoms with Crippen molar-refractivity contribution in [1.29, 1.82) is 0 Å². The van der Waals surface area contributed by atoms with Gasteiger partial charge in [0.05, 0.1) is 6.61 Å². The highest BCUT2D eigenvalue weighted by atomic mass is 35.5. The Morgan fingerprint density at radius 1 is 1.71 bits per heavy atom. The van der Waals surface area contributed by atoms with Gasteiger partial charge in [0.2, 0.25) is 0 Å². The highest BCUT2D eigenvalue weighted by Gasteiger charge is 2.32. The lowest BCUT2D eigenvalue weighted by molar-refractivity contribution is 0.0264. The molecule has 1 amide bonds. The molecule has 0 aromatic carbocycles. The monoisotopic (exact) mass is 256 g/mol. The highest BCUT2D eigenvalue weighted by Crippen LogP contribution is 2.17. The van der Waals surface area contributed by atoms with Crippen LogP contribution in [0.1, 0.15) is 16.9 Å². The third-order valence-corrected chi connectivity index (χ3v) is 2.85. The molecule has 0 saturated carbocycles. The summed E-state index contributed by atoms with van der Waals surface area (Å²) in [4.78, 5) is 15.6. The minimum Gasteiger partial charge on any atom is -0.386 e. The second-order valence-electron chi connectivity index (χ2n) is 4.07. The highest BCUT2D eigenvalue weighted by molar-refractivity contribution is 6.30. The van der Waals surface area contributed by atoms with E-state index in [0.717, 1.165) is 0 Å². The van der Waals surface area contributed by atoms with Crippen molar-refractivity contribution in [2.45, 2.75) is 12.0 Å². The minimum atomic E-state index is -0.964. The van der Waals surface area contributed by atoms with Gasteiger partial charge < -0.3 is 15.2 Å². The maximum Gasteiger partial charge on any atom is 0.270 e. The number of carbonyl (C=O) groups excluding carboxylic acids is 1. The molecule has 6 heteroatoms. The van der Waals surface area contributed by atoms with Crippen LogP contribution in [0.25, 0.3) is 0 Å². The molecule has 1 unspecified atom stereocenters. The Morgan fingerprint density at radius 3 is 3.18 bits per heavy atom. The van der Waals surface area contributed by atoms with E-state index in [9.17, 15) is 9.90 Å². The van der Waals surface area contributed by atoms with Crippen LogP contribution < -0.4 is 5.32 Å². The van der Waals surface area contributed by atoms with Crippen LogP contribution >= 0.6 is 11.6 Å². The molecule has 1 aliphatic heterocycles. The molecule has 17 heavy (non-hydrogen) atoms. The molecule has 5 nitrogen and oxygen atoms in total. The predicted molar refractivity (Wildman–Crippen MR) is 62.0 cm³/mol. The topological polar surface area (TPSA) is 71.5 Å². The molecule has 1 aromatic rings. The number of hydrogen-bond donors (Lipinski definition) is 2. The molecule has 1 fully saturated rings. The average molecular weight is 257 g/mol.